The van der Waals surface area contributed by atoms with E-state index in [0.29, 0.717) is 26.1 Å². The second-order valence-corrected chi connectivity index (χ2v) is 5.51. The zero-order valence-electron chi connectivity index (χ0n) is 10.8. The van der Waals surface area contributed by atoms with Gasteiger partial charge in [0.15, 0.2) is 0 Å². The summed E-state index contributed by atoms with van der Waals surface area (Å²) >= 11 is 0. The molecule has 102 valence electrons. The van der Waals surface area contributed by atoms with E-state index in [9.17, 15) is 9.18 Å². The maximum atomic E-state index is 13.6. The van der Waals surface area contributed by atoms with Crippen molar-refractivity contribution < 1.29 is 13.9 Å². The molecule has 3 nitrogen and oxygen atoms in total. The normalized spacial score (nSPS) is 29.8. The third-order valence-corrected chi connectivity index (χ3v) is 4.14. The fraction of sp³-hybridized carbons (Fsp3) is 0.533. The van der Waals surface area contributed by atoms with E-state index in [1.807, 2.05) is 30.3 Å². The average Bonchev–Trinajstić information content (AvgIpc) is 2.88. The number of alkyl halides is 1. The van der Waals surface area contributed by atoms with Crippen molar-refractivity contribution >= 4 is 5.91 Å². The van der Waals surface area contributed by atoms with Crippen LogP contribution in [0.1, 0.15) is 24.8 Å². The second kappa shape index (κ2) is 4.93. The lowest BCUT2D eigenvalue weighted by Gasteiger charge is -2.31. The molecule has 2 aliphatic rings. The molecule has 0 radical (unpaired) electrons. The predicted molar refractivity (Wildman–Crippen MR) is 69.3 cm³/mol. The first-order valence-corrected chi connectivity index (χ1v) is 6.76. The van der Waals surface area contributed by atoms with Crippen LogP contribution in [0.25, 0.3) is 0 Å². The topological polar surface area (TPSA) is 29.5 Å². The van der Waals surface area contributed by atoms with Crippen LogP contribution >= 0.6 is 0 Å². The van der Waals surface area contributed by atoms with Crippen molar-refractivity contribution in [1.82, 2.24) is 4.90 Å². The average molecular weight is 263 g/mol. The van der Waals surface area contributed by atoms with Crippen molar-refractivity contribution in [3.8, 4) is 0 Å². The van der Waals surface area contributed by atoms with Gasteiger partial charge in [-0.25, -0.2) is 4.39 Å². The van der Waals surface area contributed by atoms with Gasteiger partial charge >= 0.3 is 0 Å². The van der Waals surface area contributed by atoms with Gasteiger partial charge in [0.25, 0.3) is 0 Å². The van der Waals surface area contributed by atoms with Gasteiger partial charge in [0.1, 0.15) is 6.17 Å². The summed E-state index contributed by atoms with van der Waals surface area (Å²) in [4.78, 5) is 13.4. The fourth-order valence-corrected chi connectivity index (χ4v) is 3.20. The molecule has 0 aromatic heterocycles. The molecule has 2 atom stereocenters. The zero-order valence-corrected chi connectivity index (χ0v) is 10.8. The van der Waals surface area contributed by atoms with Crippen LogP contribution in [0.15, 0.2) is 30.3 Å². The minimum Gasteiger partial charge on any atom is -0.374 e. The van der Waals surface area contributed by atoms with Gasteiger partial charge in [-0.3, -0.25) is 4.79 Å². The molecule has 1 amide bonds. The summed E-state index contributed by atoms with van der Waals surface area (Å²) in [7, 11) is 0. The highest BCUT2D eigenvalue weighted by Crippen LogP contribution is 2.41. The number of carbonyl (C=O) groups is 1. The fourth-order valence-electron chi connectivity index (χ4n) is 3.20. The van der Waals surface area contributed by atoms with E-state index in [0.717, 1.165) is 12.0 Å². The number of benzene rings is 1. The molecule has 0 unspecified atom stereocenters. The van der Waals surface area contributed by atoms with Crippen LogP contribution in [-0.4, -0.2) is 35.7 Å². The number of hydrogen-bond donors (Lipinski definition) is 0. The number of rotatable bonds is 4. The largest absolute Gasteiger partial charge is 0.374 e. The van der Waals surface area contributed by atoms with E-state index in [1.165, 1.54) is 0 Å². The van der Waals surface area contributed by atoms with Crippen LogP contribution in [-0.2, 0) is 16.1 Å². The third kappa shape index (κ3) is 2.37. The Balaban J connectivity index is 1.61. The zero-order chi connectivity index (χ0) is 13.3. The van der Waals surface area contributed by atoms with Crippen molar-refractivity contribution in [2.24, 2.45) is 0 Å². The van der Waals surface area contributed by atoms with Crippen molar-refractivity contribution in [3.63, 3.8) is 0 Å². The molecule has 1 aromatic rings. The monoisotopic (exact) mass is 263 g/mol. The lowest BCUT2D eigenvalue weighted by atomic mass is 9.95. The number of amides is 1. The highest BCUT2D eigenvalue weighted by Gasteiger charge is 2.52. The van der Waals surface area contributed by atoms with Crippen LogP contribution in [0.3, 0.4) is 0 Å². The van der Waals surface area contributed by atoms with Crippen LogP contribution in [0.2, 0.25) is 0 Å². The molecule has 19 heavy (non-hydrogen) atoms. The third-order valence-electron chi connectivity index (χ3n) is 4.14. The summed E-state index contributed by atoms with van der Waals surface area (Å²) < 4.78 is 19.3. The van der Waals surface area contributed by atoms with E-state index < -0.39 is 6.17 Å². The molecule has 2 heterocycles. The van der Waals surface area contributed by atoms with Crippen molar-refractivity contribution in [2.45, 2.75) is 37.6 Å². The van der Waals surface area contributed by atoms with E-state index >= 15 is 0 Å². The number of fused-ring (bicyclic) bond motifs is 1. The first-order chi connectivity index (χ1) is 9.20. The van der Waals surface area contributed by atoms with Crippen molar-refractivity contribution in [3.05, 3.63) is 35.9 Å². The number of nitrogens with zero attached hydrogens (tertiary/aromatic N) is 1. The Hall–Kier alpha value is -1.42. The summed E-state index contributed by atoms with van der Waals surface area (Å²) in [6.45, 7) is 1.20. The van der Waals surface area contributed by atoms with Crippen molar-refractivity contribution in [2.75, 3.05) is 13.2 Å². The Kier molecular flexibility index (Phi) is 3.27. The van der Waals surface area contributed by atoms with Gasteiger partial charge in [-0.2, -0.15) is 0 Å². The Morgan fingerprint density at radius 2 is 2.16 bits per heavy atom. The molecule has 0 N–H and O–H groups in total. The highest BCUT2D eigenvalue weighted by atomic mass is 19.1. The van der Waals surface area contributed by atoms with Gasteiger partial charge in [-0.05, 0) is 12.0 Å². The number of carbonyl (C=O) groups excluding carboxylic acids is 1. The van der Waals surface area contributed by atoms with Crippen LogP contribution < -0.4 is 0 Å². The van der Waals surface area contributed by atoms with E-state index in [1.54, 1.807) is 4.90 Å². The quantitative estimate of drug-likeness (QED) is 0.834. The second-order valence-electron chi connectivity index (χ2n) is 5.51. The summed E-state index contributed by atoms with van der Waals surface area (Å²) in [5.41, 5.74) is 0.718. The maximum Gasteiger partial charge on any atom is 0.223 e. The van der Waals surface area contributed by atoms with Gasteiger partial charge < -0.3 is 9.64 Å². The lowest BCUT2D eigenvalue weighted by molar-refractivity contribution is -0.131. The van der Waals surface area contributed by atoms with E-state index in [4.69, 9.17) is 4.74 Å². The molecule has 2 aliphatic heterocycles. The smallest absolute Gasteiger partial charge is 0.223 e. The first kappa shape index (κ1) is 12.6. The number of hydrogen-bond acceptors (Lipinski definition) is 2. The Labute approximate surface area is 112 Å². The van der Waals surface area contributed by atoms with Crippen LogP contribution in [0.4, 0.5) is 4.39 Å². The molecule has 0 aliphatic carbocycles. The molecule has 0 saturated carbocycles. The SMILES string of the molecule is O=C1CC[C@@]2(COCc3ccccc3)C[C@@H](F)CN12. The van der Waals surface area contributed by atoms with Gasteiger partial charge in [-0.15, -0.1) is 0 Å². The minimum atomic E-state index is -0.899. The molecular weight excluding hydrogens is 245 g/mol. The van der Waals surface area contributed by atoms with Gasteiger partial charge in [0.05, 0.1) is 25.3 Å². The number of ether oxygens (including phenoxy) is 1. The Morgan fingerprint density at radius 3 is 2.95 bits per heavy atom. The molecule has 0 spiro atoms. The molecular formula is C15H18FNO2. The van der Waals surface area contributed by atoms with E-state index in [2.05, 4.69) is 0 Å². The highest BCUT2D eigenvalue weighted by molar-refractivity contribution is 5.80. The molecule has 2 saturated heterocycles. The maximum absolute atomic E-state index is 13.6. The standard InChI is InChI=1S/C15H18FNO2/c16-13-8-15(7-6-14(18)17(15)9-13)11-19-10-12-4-2-1-3-5-12/h1-5,13H,6-11H2/t13-,15+/m1/s1. The summed E-state index contributed by atoms with van der Waals surface area (Å²) in [5, 5.41) is 0. The molecule has 3 rings (SSSR count). The minimum absolute atomic E-state index is 0.0726. The Bertz CT molecular complexity index is 464. The molecule has 2 fully saturated rings. The van der Waals surface area contributed by atoms with Gasteiger partial charge in [0.2, 0.25) is 5.91 Å². The molecule has 0 bridgehead atoms. The van der Waals surface area contributed by atoms with Gasteiger partial charge in [0, 0.05) is 12.8 Å². The summed E-state index contributed by atoms with van der Waals surface area (Å²) in [5.74, 6) is 0.0726. The molecule has 4 heteroatoms. The predicted octanol–water partition coefficient (Wildman–Crippen LogP) is 2.31. The van der Waals surface area contributed by atoms with Crippen LogP contribution in [0.5, 0.6) is 0 Å². The molecule has 1 aromatic carbocycles. The van der Waals surface area contributed by atoms with Crippen molar-refractivity contribution in [1.29, 1.82) is 0 Å². The Morgan fingerprint density at radius 1 is 1.37 bits per heavy atom. The van der Waals surface area contributed by atoms with Crippen LogP contribution in [0, 0.1) is 0 Å². The lowest BCUT2D eigenvalue weighted by Crippen LogP contribution is -2.44. The first-order valence-electron chi connectivity index (χ1n) is 6.76. The summed E-state index contributed by atoms with van der Waals surface area (Å²) in [6.07, 6.45) is 0.778. The number of halogens is 1. The summed E-state index contributed by atoms with van der Waals surface area (Å²) in [6, 6.07) is 9.90. The van der Waals surface area contributed by atoms with Gasteiger partial charge in [-0.1, -0.05) is 30.3 Å². The van der Waals surface area contributed by atoms with E-state index in [-0.39, 0.29) is 18.0 Å².